The minimum absolute atomic E-state index is 0.0525. The zero-order valence-electron chi connectivity index (χ0n) is 10.5. The van der Waals surface area contributed by atoms with Crippen LogP contribution in [0, 0.1) is 5.21 Å². The van der Waals surface area contributed by atoms with Crippen LogP contribution < -0.4 is 4.73 Å². The van der Waals surface area contributed by atoms with Crippen LogP contribution in [-0.2, 0) is 10.8 Å². The molecule has 0 amide bonds. The Kier molecular flexibility index (Phi) is 2.77. The third kappa shape index (κ3) is 2.46. The molecule has 0 aliphatic carbocycles. The zero-order chi connectivity index (χ0) is 11.9. The monoisotopic (exact) mass is 208 g/mol. The molecule has 1 rings (SSSR count). The lowest BCUT2D eigenvalue weighted by Crippen LogP contribution is -2.42. The highest BCUT2D eigenvalue weighted by Crippen LogP contribution is 2.30. The molecule has 0 atom stereocenters. The van der Waals surface area contributed by atoms with Gasteiger partial charge in [-0.1, -0.05) is 46.5 Å². The first-order chi connectivity index (χ1) is 6.64. The first-order valence-corrected chi connectivity index (χ1v) is 5.22. The second-order valence-corrected chi connectivity index (χ2v) is 5.98. The molecule has 1 aromatic heterocycles. The van der Waals surface area contributed by atoms with Gasteiger partial charge in [0.2, 0.25) is 0 Å². The van der Waals surface area contributed by atoms with Crippen molar-refractivity contribution in [2.45, 2.75) is 52.4 Å². The standard InChI is InChI=1S/C12H20N2O/c1-11(2,3)9-7-13-8-14(15)10(9)12(4,5)6/h7-8H,1-6H3. The first-order valence-electron chi connectivity index (χ1n) is 5.22. The van der Waals surface area contributed by atoms with Crippen molar-refractivity contribution in [3.63, 3.8) is 0 Å². The van der Waals surface area contributed by atoms with Crippen LogP contribution in [-0.4, -0.2) is 4.98 Å². The van der Waals surface area contributed by atoms with E-state index in [-0.39, 0.29) is 10.8 Å². The summed E-state index contributed by atoms with van der Waals surface area (Å²) in [5.74, 6) is 0. The summed E-state index contributed by atoms with van der Waals surface area (Å²) in [5.41, 5.74) is 1.62. The number of aromatic nitrogens is 2. The fourth-order valence-electron chi connectivity index (χ4n) is 1.69. The maximum atomic E-state index is 11.8. The van der Waals surface area contributed by atoms with E-state index in [1.165, 1.54) is 6.33 Å². The van der Waals surface area contributed by atoms with Gasteiger partial charge in [-0.25, -0.2) is 4.73 Å². The van der Waals surface area contributed by atoms with Crippen LogP contribution in [0.25, 0.3) is 0 Å². The molecule has 0 saturated carbocycles. The SMILES string of the molecule is CC(C)(C)c1cnc[n+]([O-])c1C(C)(C)C. The van der Waals surface area contributed by atoms with Crippen molar-refractivity contribution in [1.29, 1.82) is 0 Å². The van der Waals surface area contributed by atoms with Crippen LogP contribution in [0.2, 0.25) is 0 Å². The number of hydrogen-bond donors (Lipinski definition) is 0. The molecule has 15 heavy (non-hydrogen) atoms. The molecular weight excluding hydrogens is 188 g/mol. The summed E-state index contributed by atoms with van der Waals surface area (Å²) in [5, 5.41) is 11.8. The molecule has 3 nitrogen and oxygen atoms in total. The van der Waals surface area contributed by atoms with Gasteiger partial charge < -0.3 is 5.21 Å². The third-order valence-electron chi connectivity index (χ3n) is 2.37. The Balaban J connectivity index is 3.48. The van der Waals surface area contributed by atoms with Crippen molar-refractivity contribution in [3.8, 4) is 0 Å². The molecule has 0 aliphatic rings. The molecule has 0 aromatic carbocycles. The first kappa shape index (κ1) is 12.0. The van der Waals surface area contributed by atoms with Gasteiger partial charge in [0.15, 0.2) is 0 Å². The van der Waals surface area contributed by atoms with E-state index in [0.717, 1.165) is 16.0 Å². The van der Waals surface area contributed by atoms with E-state index >= 15 is 0 Å². The topological polar surface area (TPSA) is 39.8 Å². The maximum absolute atomic E-state index is 11.8. The van der Waals surface area contributed by atoms with Crippen LogP contribution >= 0.6 is 0 Å². The number of hydrogen-bond acceptors (Lipinski definition) is 2. The second-order valence-electron chi connectivity index (χ2n) is 5.98. The lowest BCUT2D eigenvalue weighted by molar-refractivity contribution is -0.622. The Morgan fingerprint density at radius 1 is 1.07 bits per heavy atom. The normalized spacial score (nSPS) is 12.9. The Morgan fingerprint density at radius 3 is 1.93 bits per heavy atom. The fourth-order valence-corrected chi connectivity index (χ4v) is 1.69. The minimum atomic E-state index is -0.159. The van der Waals surface area contributed by atoms with E-state index in [0.29, 0.717) is 0 Å². The molecule has 0 aliphatic heterocycles. The predicted molar refractivity (Wildman–Crippen MR) is 60.6 cm³/mol. The average Bonchev–Trinajstić information content (AvgIpc) is 1.99. The lowest BCUT2D eigenvalue weighted by Gasteiger charge is -2.28. The number of rotatable bonds is 0. The molecule has 0 bridgehead atoms. The summed E-state index contributed by atoms with van der Waals surface area (Å²) in [6, 6.07) is 0. The largest absolute Gasteiger partial charge is 0.711 e. The quantitative estimate of drug-likeness (QED) is 0.485. The summed E-state index contributed by atoms with van der Waals surface area (Å²) < 4.78 is 0.889. The Hall–Kier alpha value is -1.12. The summed E-state index contributed by atoms with van der Waals surface area (Å²) in [7, 11) is 0. The van der Waals surface area contributed by atoms with Crippen molar-refractivity contribution >= 4 is 0 Å². The van der Waals surface area contributed by atoms with E-state index in [2.05, 4.69) is 25.8 Å². The van der Waals surface area contributed by atoms with Crippen molar-refractivity contribution in [1.82, 2.24) is 4.98 Å². The van der Waals surface area contributed by atoms with E-state index in [4.69, 9.17) is 0 Å². The van der Waals surface area contributed by atoms with Crippen molar-refractivity contribution in [2.75, 3.05) is 0 Å². The van der Waals surface area contributed by atoms with Gasteiger partial charge in [-0.2, -0.15) is 0 Å². The molecule has 84 valence electrons. The molecule has 0 spiro atoms. The van der Waals surface area contributed by atoms with Gasteiger partial charge in [-0.05, 0) is 5.41 Å². The minimum Gasteiger partial charge on any atom is -0.711 e. The van der Waals surface area contributed by atoms with Crippen LogP contribution in [0.15, 0.2) is 12.5 Å². The Labute approximate surface area is 91.7 Å². The maximum Gasteiger partial charge on any atom is 0.289 e. The summed E-state index contributed by atoms with van der Waals surface area (Å²) in [4.78, 5) is 3.98. The van der Waals surface area contributed by atoms with Crippen molar-refractivity contribution in [2.24, 2.45) is 0 Å². The Morgan fingerprint density at radius 2 is 1.60 bits per heavy atom. The van der Waals surface area contributed by atoms with Gasteiger partial charge in [0.1, 0.15) is 11.9 Å². The number of nitrogens with zero attached hydrogens (tertiary/aromatic N) is 2. The van der Waals surface area contributed by atoms with Gasteiger partial charge >= 0.3 is 0 Å². The molecule has 0 N–H and O–H groups in total. The summed E-state index contributed by atoms with van der Waals surface area (Å²) >= 11 is 0. The molecule has 0 unspecified atom stereocenters. The van der Waals surface area contributed by atoms with Crippen LogP contribution in [0.5, 0.6) is 0 Å². The highest BCUT2D eigenvalue weighted by Gasteiger charge is 2.30. The predicted octanol–water partition coefficient (Wildman–Crippen LogP) is 2.31. The van der Waals surface area contributed by atoms with Gasteiger partial charge in [-0.3, -0.25) is 0 Å². The molecule has 3 heteroatoms. The molecule has 1 heterocycles. The third-order valence-corrected chi connectivity index (χ3v) is 2.37. The van der Waals surface area contributed by atoms with Gasteiger partial charge in [0.25, 0.3) is 6.33 Å². The smallest absolute Gasteiger partial charge is 0.289 e. The zero-order valence-corrected chi connectivity index (χ0v) is 10.5. The Bertz CT molecular complexity index is 359. The average molecular weight is 208 g/mol. The van der Waals surface area contributed by atoms with E-state index < -0.39 is 0 Å². The van der Waals surface area contributed by atoms with E-state index in [1.54, 1.807) is 6.20 Å². The van der Waals surface area contributed by atoms with Gasteiger partial charge in [-0.15, -0.1) is 0 Å². The van der Waals surface area contributed by atoms with Crippen LogP contribution in [0.1, 0.15) is 52.8 Å². The fraction of sp³-hybridized carbons (Fsp3) is 0.667. The summed E-state index contributed by atoms with van der Waals surface area (Å²) in [6.07, 6.45) is 3.13. The molecule has 0 saturated heterocycles. The molecule has 1 aromatic rings. The summed E-state index contributed by atoms with van der Waals surface area (Å²) in [6.45, 7) is 12.4. The van der Waals surface area contributed by atoms with Gasteiger partial charge in [0.05, 0.1) is 0 Å². The van der Waals surface area contributed by atoms with Crippen molar-refractivity contribution < 1.29 is 4.73 Å². The molecular formula is C12H20N2O. The van der Waals surface area contributed by atoms with E-state index in [9.17, 15) is 5.21 Å². The van der Waals surface area contributed by atoms with Gasteiger partial charge in [0, 0.05) is 11.0 Å². The van der Waals surface area contributed by atoms with Crippen molar-refractivity contribution in [3.05, 3.63) is 29.0 Å². The highest BCUT2D eigenvalue weighted by molar-refractivity contribution is 5.26. The lowest BCUT2D eigenvalue weighted by atomic mass is 9.79. The molecule has 0 radical (unpaired) electrons. The van der Waals surface area contributed by atoms with E-state index in [1.807, 2.05) is 20.8 Å². The van der Waals surface area contributed by atoms with Crippen LogP contribution in [0.3, 0.4) is 0 Å². The highest BCUT2D eigenvalue weighted by atomic mass is 16.5. The molecule has 0 fully saturated rings. The second kappa shape index (κ2) is 3.47. The van der Waals surface area contributed by atoms with Crippen LogP contribution in [0.4, 0.5) is 0 Å².